The summed E-state index contributed by atoms with van der Waals surface area (Å²) >= 11 is 0. The van der Waals surface area contributed by atoms with E-state index in [1.807, 2.05) is 30.3 Å². The smallest absolute Gasteiger partial charge is 0.328 e. The summed E-state index contributed by atoms with van der Waals surface area (Å²) in [4.78, 5) is 18.8. The van der Waals surface area contributed by atoms with E-state index in [9.17, 15) is 4.79 Å². The third-order valence-electron chi connectivity index (χ3n) is 4.47. The van der Waals surface area contributed by atoms with Crippen LogP contribution in [0.2, 0.25) is 0 Å². The van der Waals surface area contributed by atoms with Crippen LogP contribution >= 0.6 is 0 Å². The van der Waals surface area contributed by atoms with Crippen LogP contribution < -0.4 is 20.9 Å². The Balaban J connectivity index is 2.01. The largest absolute Gasteiger partial charge is 0.497 e. The highest BCUT2D eigenvalue weighted by Crippen LogP contribution is 2.34. The lowest BCUT2D eigenvalue weighted by Gasteiger charge is -2.13. The molecular weight excluding hydrogens is 384 g/mol. The van der Waals surface area contributed by atoms with Gasteiger partial charge in [-0.05, 0) is 41.0 Å². The number of carboxylic acids is 1. The number of rotatable bonds is 7. The summed E-state index contributed by atoms with van der Waals surface area (Å²) in [6, 6.07) is 11.3. The minimum absolute atomic E-state index is 0.129. The van der Waals surface area contributed by atoms with E-state index in [1.54, 1.807) is 26.5 Å². The fraction of sp³-hybridized carbons (Fsp3) is 0.136. The number of nitrogen functional groups attached to an aromatic ring is 2. The minimum atomic E-state index is -1.01. The van der Waals surface area contributed by atoms with Crippen LogP contribution in [0, 0.1) is 0 Å². The molecule has 3 aromatic rings. The number of hydrogen-bond acceptors (Lipinski definition) is 7. The normalized spacial score (nSPS) is 10.9. The third-order valence-corrected chi connectivity index (χ3v) is 4.47. The maximum atomic E-state index is 10.8. The third kappa shape index (κ3) is 4.85. The Kier molecular flexibility index (Phi) is 6.17. The molecule has 0 amide bonds. The maximum Gasteiger partial charge on any atom is 0.328 e. The van der Waals surface area contributed by atoms with Gasteiger partial charge >= 0.3 is 5.97 Å². The van der Waals surface area contributed by atoms with Gasteiger partial charge in [-0.1, -0.05) is 18.2 Å². The molecule has 0 aliphatic heterocycles. The molecule has 0 saturated heterocycles. The molecule has 0 unspecified atom stereocenters. The monoisotopic (exact) mass is 406 g/mol. The van der Waals surface area contributed by atoms with Crippen molar-refractivity contribution in [1.29, 1.82) is 0 Å². The number of aliphatic carboxylic acids is 1. The van der Waals surface area contributed by atoms with E-state index in [0.717, 1.165) is 28.3 Å². The second-order valence-corrected chi connectivity index (χ2v) is 6.52. The molecule has 0 aliphatic carbocycles. The highest BCUT2D eigenvalue weighted by molar-refractivity contribution is 5.86. The van der Waals surface area contributed by atoms with Crippen LogP contribution in [-0.4, -0.2) is 35.3 Å². The van der Waals surface area contributed by atoms with Crippen molar-refractivity contribution in [2.75, 3.05) is 25.7 Å². The van der Waals surface area contributed by atoms with Gasteiger partial charge in [0.05, 0.1) is 14.2 Å². The zero-order valence-electron chi connectivity index (χ0n) is 16.6. The molecule has 1 heterocycles. The van der Waals surface area contributed by atoms with Crippen molar-refractivity contribution in [3.63, 3.8) is 0 Å². The van der Waals surface area contributed by atoms with E-state index in [-0.39, 0.29) is 5.95 Å². The number of nitrogens with two attached hydrogens (primary N) is 2. The lowest BCUT2D eigenvalue weighted by molar-refractivity contribution is -0.131. The number of carbonyl (C=O) groups is 1. The standard InChI is InChI=1S/C22H22N4O4/c1-29-17-9-14(8-16-12-25-22(24)26-21(16)23)7-15(11-17)18-5-3-13(4-6-20(27)28)10-19(18)30-2/h3-7,9-12H,8H2,1-2H3,(H,27,28)(H4,23,24,25,26). The van der Waals surface area contributed by atoms with E-state index in [2.05, 4.69) is 9.97 Å². The van der Waals surface area contributed by atoms with Gasteiger partial charge < -0.3 is 26.0 Å². The van der Waals surface area contributed by atoms with E-state index < -0.39 is 5.97 Å². The Bertz CT molecular complexity index is 1110. The van der Waals surface area contributed by atoms with E-state index >= 15 is 0 Å². The van der Waals surface area contributed by atoms with Crippen LogP contribution in [0.1, 0.15) is 16.7 Å². The average molecular weight is 406 g/mol. The summed E-state index contributed by atoms with van der Waals surface area (Å²) in [5.74, 6) is 0.733. The molecule has 8 nitrogen and oxygen atoms in total. The highest BCUT2D eigenvalue weighted by Gasteiger charge is 2.12. The zero-order chi connectivity index (χ0) is 21.7. The number of ether oxygens (including phenoxy) is 2. The molecule has 0 radical (unpaired) electrons. The second-order valence-electron chi connectivity index (χ2n) is 6.52. The van der Waals surface area contributed by atoms with Crippen LogP contribution in [0.4, 0.5) is 11.8 Å². The second kappa shape index (κ2) is 8.95. The summed E-state index contributed by atoms with van der Waals surface area (Å²) in [6.45, 7) is 0. The molecule has 0 aliphatic rings. The van der Waals surface area contributed by atoms with Gasteiger partial charge in [-0.25, -0.2) is 9.78 Å². The van der Waals surface area contributed by atoms with Crippen molar-refractivity contribution in [3.8, 4) is 22.6 Å². The fourth-order valence-electron chi connectivity index (χ4n) is 3.04. The molecule has 1 aromatic heterocycles. The number of aromatic nitrogens is 2. The van der Waals surface area contributed by atoms with Crippen molar-refractivity contribution in [2.45, 2.75) is 6.42 Å². The van der Waals surface area contributed by atoms with E-state index in [4.69, 9.17) is 26.0 Å². The first-order valence-corrected chi connectivity index (χ1v) is 9.04. The van der Waals surface area contributed by atoms with Crippen LogP contribution in [0.3, 0.4) is 0 Å². The molecule has 154 valence electrons. The maximum absolute atomic E-state index is 10.8. The summed E-state index contributed by atoms with van der Waals surface area (Å²) in [6.07, 6.45) is 4.70. The topological polar surface area (TPSA) is 134 Å². The number of nitrogens with zero attached hydrogens (tertiary/aromatic N) is 2. The Morgan fingerprint density at radius 2 is 1.93 bits per heavy atom. The zero-order valence-corrected chi connectivity index (χ0v) is 16.6. The fourth-order valence-corrected chi connectivity index (χ4v) is 3.04. The molecule has 30 heavy (non-hydrogen) atoms. The van der Waals surface area contributed by atoms with Crippen molar-refractivity contribution >= 4 is 23.8 Å². The average Bonchev–Trinajstić information content (AvgIpc) is 2.73. The van der Waals surface area contributed by atoms with Crippen molar-refractivity contribution in [1.82, 2.24) is 9.97 Å². The predicted molar refractivity (Wildman–Crippen MR) is 115 cm³/mol. The number of anilines is 2. The number of methoxy groups -OCH3 is 2. The molecule has 3 rings (SSSR count). The Morgan fingerprint density at radius 1 is 1.13 bits per heavy atom. The number of benzene rings is 2. The predicted octanol–water partition coefficient (Wildman–Crippen LogP) is 3.01. The molecule has 5 N–H and O–H groups in total. The molecule has 0 fully saturated rings. The van der Waals surface area contributed by atoms with Crippen molar-refractivity contribution < 1.29 is 19.4 Å². The van der Waals surface area contributed by atoms with Gasteiger partial charge in [0.2, 0.25) is 5.95 Å². The van der Waals surface area contributed by atoms with Crippen molar-refractivity contribution in [2.24, 2.45) is 0 Å². The van der Waals surface area contributed by atoms with Gasteiger partial charge in [-0.3, -0.25) is 0 Å². The quantitative estimate of drug-likeness (QED) is 0.510. The van der Waals surface area contributed by atoms with Crippen LogP contribution in [0.5, 0.6) is 11.5 Å². The molecule has 8 heteroatoms. The van der Waals surface area contributed by atoms with Gasteiger partial charge in [0.1, 0.15) is 17.3 Å². The first-order chi connectivity index (χ1) is 14.4. The van der Waals surface area contributed by atoms with Gasteiger partial charge in [-0.2, -0.15) is 4.98 Å². The molecule has 0 atom stereocenters. The van der Waals surface area contributed by atoms with Gasteiger partial charge in [-0.15, -0.1) is 0 Å². The van der Waals surface area contributed by atoms with Crippen LogP contribution in [-0.2, 0) is 11.2 Å². The molecule has 0 bridgehead atoms. The molecular formula is C22H22N4O4. The summed E-state index contributed by atoms with van der Waals surface area (Å²) < 4.78 is 11.0. The van der Waals surface area contributed by atoms with Crippen LogP contribution in [0.15, 0.2) is 48.7 Å². The Hall–Kier alpha value is -4.07. The van der Waals surface area contributed by atoms with E-state index in [1.165, 1.54) is 6.08 Å². The number of hydrogen-bond donors (Lipinski definition) is 3. The lowest BCUT2D eigenvalue weighted by atomic mass is 9.97. The summed E-state index contributed by atoms with van der Waals surface area (Å²) in [7, 11) is 3.16. The lowest BCUT2D eigenvalue weighted by Crippen LogP contribution is -2.04. The highest BCUT2D eigenvalue weighted by atomic mass is 16.5. The van der Waals surface area contributed by atoms with Gasteiger partial charge in [0.15, 0.2) is 0 Å². The summed E-state index contributed by atoms with van der Waals surface area (Å²) in [5, 5.41) is 8.82. The molecule has 0 spiro atoms. The Labute approximate surface area is 173 Å². The van der Waals surface area contributed by atoms with Crippen LogP contribution in [0.25, 0.3) is 17.2 Å². The minimum Gasteiger partial charge on any atom is -0.497 e. The SMILES string of the molecule is COc1cc(Cc2cnc(N)nc2N)cc(-c2ccc(C=CC(=O)O)cc2OC)c1. The summed E-state index contributed by atoms with van der Waals surface area (Å²) in [5.41, 5.74) is 15.7. The number of carboxylic acid groups (broad SMARTS) is 1. The first kappa shape index (κ1) is 20.7. The van der Waals surface area contributed by atoms with Gasteiger partial charge in [0.25, 0.3) is 0 Å². The molecule has 2 aromatic carbocycles. The van der Waals surface area contributed by atoms with Gasteiger partial charge in [0, 0.05) is 29.8 Å². The van der Waals surface area contributed by atoms with E-state index in [0.29, 0.717) is 29.3 Å². The Morgan fingerprint density at radius 3 is 2.60 bits per heavy atom. The molecule has 0 saturated carbocycles. The first-order valence-electron chi connectivity index (χ1n) is 9.04. The van der Waals surface area contributed by atoms with Crippen molar-refractivity contribution in [3.05, 3.63) is 65.4 Å².